The Balaban J connectivity index is 2.32. The normalized spacial score (nSPS) is 10.1. The van der Waals surface area contributed by atoms with Crippen LogP contribution in [0.25, 0.3) is 0 Å². The third kappa shape index (κ3) is 3.29. The highest BCUT2D eigenvalue weighted by Gasteiger charge is 2.10. The van der Waals surface area contributed by atoms with Crippen molar-refractivity contribution in [2.24, 2.45) is 0 Å². The summed E-state index contributed by atoms with van der Waals surface area (Å²) in [5.74, 6) is 1.78. The number of aromatic nitrogens is 1. The molecule has 0 aliphatic heterocycles. The lowest BCUT2D eigenvalue weighted by atomic mass is 10.1. The molecule has 0 unspecified atom stereocenters. The summed E-state index contributed by atoms with van der Waals surface area (Å²) < 4.78 is 11.4. The van der Waals surface area contributed by atoms with E-state index in [0.29, 0.717) is 36.1 Å². The van der Waals surface area contributed by atoms with E-state index in [1.807, 2.05) is 37.3 Å². The van der Waals surface area contributed by atoms with Gasteiger partial charge in [0.1, 0.15) is 5.75 Å². The monoisotopic (exact) mass is 270 g/mol. The van der Waals surface area contributed by atoms with Gasteiger partial charge in [-0.3, -0.25) is 0 Å². The largest absolute Gasteiger partial charge is 0.488 e. The Labute approximate surface area is 118 Å². The molecule has 1 aromatic carbocycles. The van der Waals surface area contributed by atoms with Crippen LogP contribution >= 0.6 is 0 Å². The standard InChI is InChI=1S/C16H18N2O2/c1-3-6-12-11-13(17)8-9-14(12)20-16-15(19-4-2)7-5-10-18-16/h3,5,7-11H,1,4,6,17H2,2H3. The Hall–Kier alpha value is -2.49. The summed E-state index contributed by atoms with van der Waals surface area (Å²) in [6.07, 6.45) is 4.16. The highest BCUT2D eigenvalue weighted by atomic mass is 16.5. The van der Waals surface area contributed by atoms with Crippen LogP contribution in [-0.2, 0) is 6.42 Å². The molecule has 0 saturated heterocycles. The number of hydrogen-bond acceptors (Lipinski definition) is 4. The average Bonchev–Trinajstić information content (AvgIpc) is 2.44. The van der Waals surface area contributed by atoms with Gasteiger partial charge in [0.05, 0.1) is 6.61 Å². The average molecular weight is 270 g/mol. The molecule has 1 aromatic heterocycles. The maximum absolute atomic E-state index is 5.86. The van der Waals surface area contributed by atoms with E-state index < -0.39 is 0 Å². The molecular weight excluding hydrogens is 252 g/mol. The van der Waals surface area contributed by atoms with Gasteiger partial charge in [0.25, 0.3) is 5.88 Å². The first-order chi connectivity index (χ1) is 9.74. The molecule has 1 heterocycles. The Bertz CT molecular complexity index is 597. The van der Waals surface area contributed by atoms with Crippen molar-refractivity contribution in [2.75, 3.05) is 12.3 Å². The third-order valence-corrected chi connectivity index (χ3v) is 2.69. The van der Waals surface area contributed by atoms with Crippen molar-refractivity contribution in [3.63, 3.8) is 0 Å². The minimum atomic E-state index is 0.449. The second kappa shape index (κ2) is 6.61. The SMILES string of the molecule is C=CCc1cc(N)ccc1Oc1ncccc1OCC. The number of allylic oxidation sites excluding steroid dienone is 1. The van der Waals surface area contributed by atoms with Crippen LogP contribution in [0, 0.1) is 0 Å². The maximum Gasteiger partial charge on any atom is 0.262 e. The summed E-state index contributed by atoms with van der Waals surface area (Å²) in [5.41, 5.74) is 7.46. The number of rotatable bonds is 6. The number of hydrogen-bond donors (Lipinski definition) is 1. The van der Waals surface area contributed by atoms with E-state index in [1.165, 1.54) is 0 Å². The van der Waals surface area contributed by atoms with Crippen LogP contribution < -0.4 is 15.2 Å². The van der Waals surface area contributed by atoms with Gasteiger partial charge in [0.15, 0.2) is 5.75 Å². The third-order valence-electron chi connectivity index (χ3n) is 2.69. The minimum Gasteiger partial charge on any atom is -0.488 e. The van der Waals surface area contributed by atoms with E-state index in [1.54, 1.807) is 12.3 Å². The Morgan fingerprint density at radius 1 is 1.30 bits per heavy atom. The zero-order chi connectivity index (χ0) is 14.4. The highest BCUT2D eigenvalue weighted by molar-refractivity contribution is 5.50. The lowest BCUT2D eigenvalue weighted by Gasteiger charge is -2.13. The number of nitrogens with zero attached hydrogens (tertiary/aromatic N) is 1. The van der Waals surface area contributed by atoms with Gasteiger partial charge in [-0.2, -0.15) is 0 Å². The highest BCUT2D eigenvalue weighted by Crippen LogP contribution is 2.32. The van der Waals surface area contributed by atoms with Gasteiger partial charge in [0.2, 0.25) is 0 Å². The van der Waals surface area contributed by atoms with Crippen molar-refractivity contribution in [3.05, 3.63) is 54.7 Å². The molecule has 4 heteroatoms. The fourth-order valence-corrected chi connectivity index (χ4v) is 1.84. The molecule has 0 atom stereocenters. The van der Waals surface area contributed by atoms with E-state index in [4.69, 9.17) is 15.2 Å². The molecule has 2 aromatic rings. The van der Waals surface area contributed by atoms with Crippen molar-refractivity contribution in [3.8, 4) is 17.4 Å². The predicted octanol–water partition coefficient (Wildman–Crippen LogP) is 3.58. The van der Waals surface area contributed by atoms with Crippen LogP contribution in [0.2, 0.25) is 0 Å². The van der Waals surface area contributed by atoms with Gasteiger partial charge < -0.3 is 15.2 Å². The number of ether oxygens (including phenoxy) is 2. The van der Waals surface area contributed by atoms with Crippen LogP contribution in [-0.4, -0.2) is 11.6 Å². The molecule has 20 heavy (non-hydrogen) atoms. The second-order valence-corrected chi connectivity index (χ2v) is 4.20. The van der Waals surface area contributed by atoms with E-state index in [9.17, 15) is 0 Å². The molecule has 4 nitrogen and oxygen atoms in total. The lowest BCUT2D eigenvalue weighted by molar-refractivity contribution is 0.316. The second-order valence-electron chi connectivity index (χ2n) is 4.20. The first-order valence-corrected chi connectivity index (χ1v) is 6.49. The molecule has 2 rings (SSSR count). The first kappa shape index (κ1) is 13.9. The van der Waals surface area contributed by atoms with Crippen LogP contribution in [0.5, 0.6) is 17.4 Å². The van der Waals surface area contributed by atoms with Gasteiger partial charge >= 0.3 is 0 Å². The van der Waals surface area contributed by atoms with Crippen LogP contribution in [0.3, 0.4) is 0 Å². The molecular formula is C16H18N2O2. The van der Waals surface area contributed by atoms with Gasteiger partial charge in [-0.25, -0.2) is 4.98 Å². The quantitative estimate of drug-likeness (QED) is 0.644. The zero-order valence-electron chi connectivity index (χ0n) is 11.5. The molecule has 0 aliphatic carbocycles. The molecule has 0 aliphatic rings. The van der Waals surface area contributed by atoms with Crippen molar-refractivity contribution < 1.29 is 9.47 Å². The summed E-state index contributed by atoms with van der Waals surface area (Å²) in [7, 11) is 0. The summed E-state index contributed by atoms with van der Waals surface area (Å²) in [6.45, 7) is 6.22. The molecule has 0 saturated carbocycles. The first-order valence-electron chi connectivity index (χ1n) is 6.49. The summed E-state index contributed by atoms with van der Waals surface area (Å²) in [6, 6.07) is 9.14. The van der Waals surface area contributed by atoms with E-state index in [0.717, 1.165) is 5.56 Å². The number of pyridine rings is 1. The van der Waals surface area contributed by atoms with Gasteiger partial charge in [0, 0.05) is 17.4 Å². The summed E-state index contributed by atoms with van der Waals surface area (Å²) in [4.78, 5) is 4.21. The molecule has 0 fully saturated rings. The fraction of sp³-hybridized carbons (Fsp3) is 0.188. The molecule has 0 amide bonds. The molecule has 2 N–H and O–H groups in total. The lowest BCUT2D eigenvalue weighted by Crippen LogP contribution is -1.99. The van der Waals surface area contributed by atoms with Crippen LogP contribution in [0.15, 0.2) is 49.2 Å². The number of nitrogens with two attached hydrogens (primary N) is 1. The summed E-state index contributed by atoms with van der Waals surface area (Å²) >= 11 is 0. The Kier molecular flexibility index (Phi) is 4.60. The predicted molar refractivity (Wildman–Crippen MR) is 80.2 cm³/mol. The molecule has 0 spiro atoms. The summed E-state index contributed by atoms with van der Waals surface area (Å²) in [5, 5.41) is 0. The van der Waals surface area contributed by atoms with Gasteiger partial charge in [-0.05, 0) is 43.7 Å². The molecule has 104 valence electrons. The minimum absolute atomic E-state index is 0.449. The van der Waals surface area contributed by atoms with E-state index >= 15 is 0 Å². The van der Waals surface area contributed by atoms with Crippen molar-refractivity contribution in [1.29, 1.82) is 0 Å². The van der Waals surface area contributed by atoms with Crippen molar-refractivity contribution in [1.82, 2.24) is 4.98 Å². The number of anilines is 1. The number of nitrogen functional groups attached to an aromatic ring is 1. The maximum atomic E-state index is 5.86. The topological polar surface area (TPSA) is 57.4 Å². The van der Waals surface area contributed by atoms with Gasteiger partial charge in [-0.15, -0.1) is 6.58 Å². The van der Waals surface area contributed by atoms with Crippen LogP contribution in [0.1, 0.15) is 12.5 Å². The smallest absolute Gasteiger partial charge is 0.262 e. The molecule has 0 bridgehead atoms. The molecule has 0 radical (unpaired) electrons. The van der Waals surface area contributed by atoms with Crippen LogP contribution in [0.4, 0.5) is 5.69 Å². The van der Waals surface area contributed by atoms with E-state index in [2.05, 4.69) is 11.6 Å². The zero-order valence-corrected chi connectivity index (χ0v) is 11.5. The fourth-order valence-electron chi connectivity index (χ4n) is 1.84. The van der Waals surface area contributed by atoms with Crippen molar-refractivity contribution in [2.45, 2.75) is 13.3 Å². The van der Waals surface area contributed by atoms with Gasteiger partial charge in [-0.1, -0.05) is 6.08 Å². The van der Waals surface area contributed by atoms with Crippen molar-refractivity contribution >= 4 is 5.69 Å². The van der Waals surface area contributed by atoms with E-state index in [-0.39, 0.29) is 0 Å². The Morgan fingerprint density at radius 2 is 2.15 bits per heavy atom. The Morgan fingerprint density at radius 3 is 2.90 bits per heavy atom. The number of benzene rings is 1.